The lowest BCUT2D eigenvalue weighted by Gasteiger charge is -2.32. The zero-order chi connectivity index (χ0) is 28.7. The van der Waals surface area contributed by atoms with Crippen molar-refractivity contribution >= 4 is 73.3 Å². The number of amides is 2. The molecule has 0 heterocycles. The fourth-order valence-electron chi connectivity index (χ4n) is 3.76. The maximum Gasteiger partial charge on any atom is 0.264 e. The van der Waals surface area contributed by atoms with Crippen molar-refractivity contribution in [3.63, 3.8) is 0 Å². The standard InChI is InChI=1S/C28H30Cl2IN3O4S/c1-4-19(2)32-28(36)20(3)33(17-24-25(29)11-8-12-26(24)30)27(35)18-34(22-15-13-21(31)14-16-22)39(37,38)23-9-6-5-7-10-23/h5-16,19-20H,4,17-18H2,1-3H3,(H,32,36)/t19-,20+/m1/s1. The Morgan fingerprint density at radius 3 is 2.08 bits per heavy atom. The number of benzene rings is 3. The van der Waals surface area contributed by atoms with Crippen LogP contribution in [0.25, 0.3) is 0 Å². The molecule has 0 aliphatic carbocycles. The van der Waals surface area contributed by atoms with Crippen LogP contribution in [0.5, 0.6) is 0 Å². The van der Waals surface area contributed by atoms with E-state index in [4.69, 9.17) is 23.2 Å². The summed E-state index contributed by atoms with van der Waals surface area (Å²) in [5.74, 6) is -0.955. The van der Waals surface area contributed by atoms with Gasteiger partial charge in [-0.25, -0.2) is 8.42 Å². The van der Waals surface area contributed by atoms with Gasteiger partial charge in [0.15, 0.2) is 0 Å². The average Bonchev–Trinajstić information content (AvgIpc) is 2.92. The van der Waals surface area contributed by atoms with Crippen LogP contribution in [0.15, 0.2) is 77.7 Å². The highest BCUT2D eigenvalue weighted by atomic mass is 127. The highest BCUT2D eigenvalue weighted by Crippen LogP contribution is 2.28. The molecule has 2 amide bonds. The molecule has 11 heteroatoms. The van der Waals surface area contributed by atoms with Gasteiger partial charge in [-0.05, 0) is 91.4 Å². The van der Waals surface area contributed by atoms with E-state index in [1.54, 1.807) is 67.6 Å². The Kier molecular flexibility index (Phi) is 11.1. The number of sulfonamides is 1. The Balaban J connectivity index is 2.05. The van der Waals surface area contributed by atoms with E-state index >= 15 is 0 Å². The summed E-state index contributed by atoms with van der Waals surface area (Å²) in [6.07, 6.45) is 0.707. The number of anilines is 1. The second-order valence-corrected chi connectivity index (χ2v) is 12.9. The van der Waals surface area contributed by atoms with Crippen LogP contribution in [0.3, 0.4) is 0 Å². The predicted octanol–water partition coefficient (Wildman–Crippen LogP) is 6.13. The van der Waals surface area contributed by atoms with Crippen molar-refractivity contribution in [1.82, 2.24) is 10.2 Å². The third kappa shape index (κ3) is 7.87. The van der Waals surface area contributed by atoms with E-state index in [9.17, 15) is 18.0 Å². The van der Waals surface area contributed by atoms with Gasteiger partial charge in [0, 0.05) is 31.8 Å². The van der Waals surface area contributed by atoms with E-state index in [0.29, 0.717) is 27.7 Å². The molecular formula is C28H30Cl2IN3O4S. The minimum Gasteiger partial charge on any atom is -0.352 e. The molecule has 0 bridgehead atoms. The van der Waals surface area contributed by atoms with E-state index < -0.39 is 28.5 Å². The molecule has 39 heavy (non-hydrogen) atoms. The molecular weight excluding hydrogens is 672 g/mol. The fourth-order valence-corrected chi connectivity index (χ4v) is 6.07. The largest absolute Gasteiger partial charge is 0.352 e. The summed E-state index contributed by atoms with van der Waals surface area (Å²) in [6, 6.07) is 18.6. The monoisotopic (exact) mass is 701 g/mol. The topological polar surface area (TPSA) is 86.8 Å². The van der Waals surface area contributed by atoms with Gasteiger partial charge in [-0.1, -0.05) is 54.4 Å². The van der Waals surface area contributed by atoms with Gasteiger partial charge in [0.05, 0.1) is 10.6 Å². The van der Waals surface area contributed by atoms with Crippen LogP contribution in [0.4, 0.5) is 5.69 Å². The van der Waals surface area contributed by atoms with Crippen LogP contribution >= 0.6 is 45.8 Å². The zero-order valence-electron chi connectivity index (χ0n) is 21.8. The Morgan fingerprint density at radius 1 is 0.923 bits per heavy atom. The maximum atomic E-state index is 14.0. The normalized spacial score (nSPS) is 12.9. The highest BCUT2D eigenvalue weighted by molar-refractivity contribution is 14.1. The van der Waals surface area contributed by atoms with Gasteiger partial charge in [0.2, 0.25) is 11.8 Å². The number of carbonyl (C=O) groups is 2. The van der Waals surface area contributed by atoms with Crippen LogP contribution in [0, 0.1) is 3.57 Å². The summed E-state index contributed by atoms with van der Waals surface area (Å²) < 4.78 is 29.5. The molecule has 0 unspecified atom stereocenters. The quantitative estimate of drug-likeness (QED) is 0.244. The van der Waals surface area contributed by atoms with Crippen molar-refractivity contribution in [2.45, 2.75) is 50.7 Å². The molecule has 208 valence electrons. The van der Waals surface area contributed by atoms with Gasteiger partial charge >= 0.3 is 0 Å². The SMILES string of the molecule is CC[C@@H](C)NC(=O)[C@H](C)N(Cc1c(Cl)cccc1Cl)C(=O)CN(c1ccc(I)cc1)S(=O)(=O)c1ccccc1. The second kappa shape index (κ2) is 13.8. The molecule has 0 aliphatic rings. The minimum absolute atomic E-state index is 0.0413. The molecule has 0 saturated heterocycles. The first-order valence-electron chi connectivity index (χ1n) is 12.3. The smallest absolute Gasteiger partial charge is 0.264 e. The van der Waals surface area contributed by atoms with Gasteiger partial charge in [-0.2, -0.15) is 0 Å². The minimum atomic E-state index is -4.12. The molecule has 3 aromatic rings. The summed E-state index contributed by atoms with van der Waals surface area (Å²) >= 11 is 14.9. The number of nitrogens with zero attached hydrogens (tertiary/aromatic N) is 2. The lowest BCUT2D eigenvalue weighted by Crippen LogP contribution is -2.52. The van der Waals surface area contributed by atoms with Crippen LogP contribution in [0.2, 0.25) is 10.0 Å². The van der Waals surface area contributed by atoms with Crippen LogP contribution < -0.4 is 9.62 Å². The number of hydrogen-bond acceptors (Lipinski definition) is 4. The molecule has 3 rings (SSSR count). The Labute approximate surface area is 253 Å². The number of halogens is 3. The van der Waals surface area contributed by atoms with E-state index in [1.807, 2.05) is 13.8 Å². The van der Waals surface area contributed by atoms with Crippen molar-refractivity contribution in [3.05, 3.63) is 92.0 Å². The van der Waals surface area contributed by atoms with Gasteiger partial charge in [0.25, 0.3) is 10.0 Å². The highest BCUT2D eigenvalue weighted by Gasteiger charge is 2.33. The van der Waals surface area contributed by atoms with Gasteiger partial charge < -0.3 is 10.2 Å². The predicted molar refractivity (Wildman–Crippen MR) is 165 cm³/mol. The Morgan fingerprint density at radius 2 is 1.51 bits per heavy atom. The average molecular weight is 702 g/mol. The number of carbonyl (C=O) groups excluding carboxylic acids is 2. The van der Waals surface area contributed by atoms with Gasteiger partial charge in [-0.3, -0.25) is 13.9 Å². The molecule has 0 radical (unpaired) electrons. The first-order valence-corrected chi connectivity index (χ1v) is 15.6. The lowest BCUT2D eigenvalue weighted by atomic mass is 10.1. The van der Waals surface area contributed by atoms with Crippen LogP contribution in [-0.4, -0.2) is 43.8 Å². The molecule has 3 aromatic carbocycles. The van der Waals surface area contributed by atoms with Crippen molar-refractivity contribution in [2.75, 3.05) is 10.8 Å². The number of nitrogens with one attached hydrogen (secondary N) is 1. The molecule has 0 aromatic heterocycles. The van der Waals surface area contributed by atoms with E-state index in [2.05, 4.69) is 27.9 Å². The van der Waals surface area contributed by atoms with Gasteiger partial charge in [0.1, 0.15) is 12.6 Å². The van der Waals surface area contributed by atoms with E-state index in [0.717, 1.165) is 7.88 Å². The lowest BCUT2D eigenvalue weighted by molar-refractivity contribution is -0.139. The number of hydrogen-bond donors (Lipinski definition) is 1. The molecule has 1 N–H and O–H groups in total. The Hall–Kier alpha value is -2.34. The summed E-state index contributed by atoms with van der Waals surface area (Å²) in [4.78, 5) is 28.4. The second-order valence-electron chi connectivity index (χ2n) is 9.02. The summed E-state index contributed by atoms with van der Waals surface area (Å²) in [5.41, 5.74) is 0.782. The summed E-state index contributed by atoms with van der Waals surface area (Å²) in [7, 11) is -4.12. The first kappa shape index (κ1) is 31.2. The summed E-state index contributed by atoms with van der Waals surface area (Å²) in [5, 5.41) is 3.56. The van der Waals surface area contributed by atoms with Crippen molar-refractivity contribution < 1.29 is 18.0 Å². The van der Waals surface area contributed by atoms with Crippen molar-refractivity contribution in [1.29, 1.82) is 0 Å². The first-order chi connectivity index (χ1) is 18.4. The molecule has 7 nitrogen and oxygen atoms in total. The maximum absolute atomic E-state index is 14.0. The third-order valence-corrected chi connectivity index (χ3v) is 9.50. The van der Waals surface area contributed by atoms with Crippen LogP contribution in [0.1, 0.15) is 32.8 Å². The van der Waals surface area contributed by atoms with Crippen LogP contribution in [-0.2, 0) is 26.2 Å². The van der Waals surface area contributed by atoms with E-state index in [1.165, 1.54) is 17.0 Å². The van der Waals surface area contributed by atoms with Crippen molar-refractivity contribution in [2.24, 2.45) is 0 Å². The third-order valence-electron chi connectivity index (χ3n) is 6.28. The molecule has 0 spiro atoms. The number of rotatable bonds is 11. The van der Waals surface area contributed by atoms with E-state index in [-0.39, 0.29) is 23.4 Å². The Bertz CT molecular complexity index is 1390. The zero-order valence-corrected chi connectivity index (χ0v) is 26.3. The molecule has 0 aliphatic heterocycles. The van der Waals surface area contributed by atoms with Crippen molar-refractivity contribution in [3.8, 4) is 0 Å². The fraction of sp³-hybridized carbons (Fsp3) is 0.286. The molecule has 0 saturated carbocycles. The molecule has 0 fully saturated rings. The van der Waals surface area contributed by atoms with Gasteiger partial charge in [-0.15, -0.1) is 0 Å². The summed E-state index contributed by atoms with van der Waals surface area (Å²) in [6.45, 7) is 4.78. The molecule has 2 atom stereocenters.